The van der Waals surface area contributed by atoms with Crippen LogP contribution in [0.15, 0.2) is 24.3 Å². The number of carbonyl (C=O) groups is 1. The maximum Gasteiger partial charge on any atom is 0.314 e. The summed E-state index contributed by atoms with van der Waals surface area (Å²) in [6.07, 6.45) is 1.98. The van der Waals surface area contributed by atoms with Crippen LogP contribution in [0.5, 0.6) is 0 Å². The average Bonchev–Trinajstić information content (AvgIpc) is 2.48. The monoisotopic (exact) mass is 354 g/mol. The Balaban J connectivity index is 1.93. The van der Waals surface area contributed by atoms with Gasteiger partial charge in [0.2, 0.25) is 0 Å². The maximum absolute atomic E-state index is 12.4. The number of piperidine rings is 1. The number of halogens is 1. The lowest BCUT2D eigenvalue weighted by atomic mass is 9.95. The molecule has 1 aliphatic heterocycles. The summed E-state index contributed by atoms with van der Waals surface area (Å²) in [6.45, 7) is 4.10. The molecular weight excluding hydrogens is 324 g/mol. The van der Waals surface area contributed by atoms with Crippen LogP contribution in [0, 0.1) is 5.92 Å². The molecule has 2 atom stereocenters. The molecule has 1 fully saturated rings. The van der Waals surface area contributed by atoms with Crippen molar-refractivity contribution in [1.82, 2.24) is 0 Å². The van der Waals surface area contributed by atoms with E-state index >= 15 is 0 Å². The first-order valence-electron chi connectivity index (χ1n) is 8.73. The van der Waals surface area contributed by atoms with Gasteiger partial charge in [-0.2, -0.15) is 0 Å². The smallest absolute Gasteiger partial charge is 0.314 e. The second-order valence-electron chi connectivity index (χ2n) is 8.30. The summed E-state index contributed by atoms with van der Waals surface area (Å²) in [5.41, 5.74) is 1.15. The molecule has 1 aromatic rings. The van der Waals surface area contributed by atoms with E-state index in [2.05, 4.69) is 34.3 Å². The Kier molecular flexibility index (Phi) is 6.29. The molecule has 2 rings (SSSR count). The topological polar surface area (TPSA) is 26.3 Å². The average molecular weight is 355 g/mol. The van der Waals surface area contributed by atoms with Gasteiger partial charge < -0.3 is 13.7 Å². The van der Waals surface area contributed by atoms with Crippen LogP contribution < -0.4 is 0 Å². The number of hydrogen-bond donors (Lipinski definition) is 0. The van der Waals surface area contributed by atoms with Crippen molar-refractivity contribution in [3.05, 3.63) is 34.9 Å². The van der Waals surface area contributed by atoms with Gasteiger partial charge in [0.05, 0.1) is 41.3 Å². The van der Waals surface area contributed by atoms with E-state index in [0.29, 0.717) is 6.61 Å². The van der Waals surface area contributed by atoms with Crippen LogP contribution in [0.1, 0.15) is 18.4 Å². The van der Waals surface area contributed by atoms with Crippen molar-refractivity contribution >= 4 is 17.6 Å². The van der Waals surface area contributed by atoms with Crippen LogP contribution in [0.25, 0.3) is 0 Å². The molecule has 0 aliphatic carbocycles. The number of carbonyl (C=O) groups excluding carboxylic acids is 1. The molecule has 0 bridgehead atoms. The Morgan fingerprint density at radius 3 is 2.71 bits per heavy atom. The fraction of sp³-hybridized carbons (Fsp3) is 0.632. The molecule has 4 nitrogen and oxygen atoms in total. The van der Waals surface area contributed by atoms with Crippen LogP contribution in [-0.4, -0.2) is 69.4 Å². The van der Waals surface area contributed by atoms with E-state index < -0.39 is 0 Å². The molecule has 134 valence electrons. The SMILES string of the molecule is C[N+](C)(C)CCOC(=O)[C@H]1CCC[N+](C)(Cc2ccccc2Cl)C1. The molecule has 1 aliphatic rings. The van der Waals surface area contributed by atoms with Crippen LogP contribution in [0.2, 0.25) is 5.02 Å². The third kappa shape index (κ3) is 5.76. The van der Waals surface area contributed by atoms with Crippen molar-refractivity contribution in [2.24, 2.45) is 5.92 Å². The minimum Gasteiger partial charge on any atom is -0.459 e. The largest absolute Gasteiger partial charge is 0.459 e. The lowest BCUT2D eigenvalue weighted by Gasteiger charge is -2.40. The Labute approximate surface area is 151 Å². The number of likely N-dealkylation sites (N-methyl/N-ethyl adjacent to an activating group) is 1. The quantitative estimate of drug-likeness (QED) is 0.580. The van der Waals surface area contributed by atoms with Gasteiger partial charge in [0.15, 0.2) is 0 Å². The van der Waals surface area contributed by atoms with Crippen molar-refractivity contribution in [3.63, 3.8) is 0 Å². The minimum atomic E-state index is -0.0355. The summed E-state index contributed by atoms with van der Waals surface area (Å²) in [5, 5.41) is 0.810. The zero-order valence-corrected chi connectivity index (χ0v) is 16.2. The number of quaternary nitrogens is 2. The summed E-state index contributed by atoms with van der Waals surface area (Å²) < 4.78 is 7.18. The zero-order valence-electron chi connectivity index (χ0n) is 15.4. The molecule has 0 spiro atoms. The molecule has 24 heavy (non-hydrogen) atoms. The van der Waals surface area contributed by atoms with E-state index in [-0.39, 0.29) is 11.9 Å². The molecule has 5 heteroatoms. The minimum absolute atomic E-state index is 0.00120. The van der Waals surface area contributed by atoms with Crippen molar-refractivity contribution in [1.29, 1.82) is 0 Å². The number of hydrogen-bond acceptors (Lipinski definition) is 2. The third-order valence-electron chi connectivity index (χ3n) is 4.76. The normalized spacial score (nSPS) is 24.6. The highest BCUT2D eigenvalue weighted by Crippen LogP contribution is 2.27. The van der Waals surface area contributed by atoms with Crippen molar-refractivity contribution in [2.45, 2.75) is 19.4 Å². The number of ether oxygens (including phenoxy) is 1. The summed E-state index contributed by atoms with van der Waals surface area (Å²) in [4.78, 5) is 12.4. The van der Waals surface area contributed by atoms with Crippen LogP contribution >= 0.6 is 11.6 Å². The van der Waals surface area contributed by atoms with Crippen LogP contribution in [-0.2, 0) is 16.1 Å². The third-order valence-corrected chi connectivity index (χ3v) is 5.13. The van der Waals surface area contributed by atoms with Crippen LogP contribution in [0.4, 0.5) is 0 Å². The van der Waals surface area contributed by atoms with Gasteiger partial charge >= 0.3 is 5.97 Å². The number of likely N-dealkylation sites (tertiary alicyclic amines) is 1. The van der Waals surface area contributed by atoms with Crippen molar-refractivity contribution < 1.29 is 18.5 Å². The molecule has 1 aromatic carbocycles. The van der Waals surface area contributed by atoms with Gasteiger partial charge in [-0.05, 0) is 18.9 Å². The highest BCUT2D eigenvalue weighted by Gasteiger charge is 2.36. The number of rotatable bonds is 6. The highest BCUT2D eigenvalue weighted by atomic mass is 35.5. The standard InChI is InChI=1S/C19H31ClN2O2/c1-21(2,3)12-13-24-19(23)17-9-7-11-22(4,15-17)14-16-8-5-6-10-18(16)20/h5-6,8,10,17H,7,9,11-15H2,1-4H3/q+2/t17-,22?/m0/s1. The van der Waals surface area contributed by atoms with Gasteiger partial charge in [-0.1, -0.05) is 29.8 Å². The van der Waals surface area contributed by atoms with E-state index in [1.54, 1.807) is 0 Å². The molecule has 1 unspecified atom stereocenters. The van der Waals surface area contributed by atoms with E-state index in [1.807, 2.05) is 18.2 Å². The summed E-state index contributed by atoms with van der Waals surface area (Å²) in [6, 6.07) is 7.99. The second-order valence-corrected chi connectivity index (χ2v) is 8.70. The zero-order chi connectivity index (χ0) is 17.8. The second kappa shape index (κ2) is 7.85. The van der Waals surface area contributed by atoms with E-state index in [1.165, 1.54) is 0 Å². The molecule has 0 amide bonds. The van der Waals surface area contributed by atoms with Crippen molar-refractivity contribution in [2.75, 3.05) is 54.4 Å². The van der Waals surface area contributed by atoms with Gasteiger partial charge in [0.25, 0.3) is 0 Å². The summed E-state index contributed by atoms with van der Waals surface area (Å²) in [5.74, 6) is -0.0367. The molecule has 0 saturated carbocycles. The lowest BCUT2D eigenvalue weighted by Crippen LogP contribution is -2.52. The van der Waals surface area contributed by atoms with Gasteiger partial charge in [0.1, 0.15) is 25.6 Å². The molecule has 1 heterocycles. The van der Waals surface area contributed by atoms with E-state index in [9.17, 15) is 4.79 Å². The Morgan fingerprint density at radius 2 is 2.04 bits per heavy atom. The predicted octanol–water partition coefficient (Wildman–Crippen LogP) is 2.95. The van der Waals surface area contributed by atoms with Gasteiger partial charge in [0, 0.05) is 10.6 Å². The highest BCUT2D eigenvalue weighted by molar-refractivity contribution is 6.31. The summed E-state index contributed by atoms with van der Waals surface area (Å²) in [7, 11) is 8.53. The number of esters is 1. The molecule has 1 saturated heterocycles. The van der Waals surface area contributed by atoms with E-state index in [4.69, 9.17) is 16.3 Å². The van der Waals surface area contributed by atoms with Gasteiger partial charge in [-0.25, -0.2) is 0 Å². The lowest BCUT2D eigenvalue weighted by molar-refractivity contribution is -0.929. The Bertz CT molecular complexity index is 571. The first-order valence-corrected chi connectivity index (χ1v) is 9.10. The van der Waals surface area contributed by atoms with Crippen LogP contribution in [0.3, 0.4) is 0 Å². The predicted molar refractivity (Wildman–Crippen MR) is 97.7 cm³/mol. The van der Waals surface area contributed by atoms with Crippen molar-refractivity contribution in [3.8, 4) is 0 Å². The Morgan fingerprint density at radius 1 is 1.33 bits per heavy atom. The van der Waals surface area contributed by atoms with Gasteiger partial charge in [-0.3, -0.25) is 4.79 Å². The number of nitrogens with zero attached hydrogens (tertiary/aromatic N) is 2. The molecule has 0 radical (unpaired) electrons. The van der Waals surface area contributed by atoms with Gasteiger partial charge in [-0.15, -0.1) is 0 Å². The molecule has 0 N–H and O–H groups in total. The molecular formula is C19H31ClN2O2+2. The van der Waals surface area contributed by atoms with E-state index in [0.717, 1.165) is 58.6 Å². The first-order chi connectivity index (χ1) is 11.2. The maximum atomic E-state index is 12.4. The fourth-order valence-electron chi connectivity index (χ4n) is 3.35. The first kappa shape index (κ1) is 19.2. The molecule has 0 aromatic heterocycles. The fourth-order valence-corrected chi connectivity index (χ4v) is 3.54. The summed E-state index contributed by atoms with van der Waals surface area (Å²) >= 11 is 6.31. The Hall–Kier alpha value is -1.10. The number of benzene rings is 1.